The van der Waals surface area contributed by atoms with Gasteiger partial charge in [0.1, 0.15) is 5.82 Å². The van der Waals surface area contributed by atoms with Gasteiger partial charge in [-0.05, 0) is 31.9 Å². The third kappa shape index (κ3) is 2.78. The topological polar surface area (TPSA) is 21.3 Å². The molecule has 2 atom stereocenters. The molecule has 2 rings (SSSR count). The van der Waals surface area contributed by atoms with Gasteiger partial charge in [0.25, 0.3) is 0 Å². The highest BCUT2D eigenvalue weighted by Crippen LogP contribution is 2.26. The van der Waals surface area contributed by atoms with Gasteiger partial charge in [0.2, 0.25) is 0 Å². The largest absolute Gasteiger partial charge is 0.379 e. The van der Waals surface area contributed by atoms with Gasteiger partial charge in [0.05, 0.1) is 12.1 Å². The van der Waals surface area contributed by atoms with Crippen LogP contribution in [0.3, 0.4) is 0 Å². The van der Waals surface area contributed by atoms with E-state index >= 15 is 0 Å². The predicted molar refractivity (Wildman–Crippen MR) is 67.8 cm³/mol. The highest BCUT2D eigenvalue weighted by molar-refractivity contribution is 5.51. The van der Waals surface area contributed by atoms with E-state index in [0.717, 1.165) is 18.5 Å². The van der Waals surface area contributed by atoms with Crippen molar-refractivity contribution in [3.8, 4) is 0 Å². The molecule has 3 heteroatoms. The fourth-order valence-electron chi connectivity index (χ4n) is 2.51. The third-order valence-corrected chi connectivity index (χ3v) is 3.61. The third-order valence-electron chi connectivity index (χ3n) is 3.61. The Morgan fingerprint density at radius 1 is 1.29 bits per heavy atom. The summed E-state index contributed by atoms with van der Waals surface area (Å²) in [5.41, 5.74) is 1.58. The number of benzene rings is 1. The summed E-state index contributed by atoms with van der Waals surface area (Å²) in [7, 11) is 1.75. The minimum atomic E-state index is -0.153. The fraction of sp³-hybridized carbons (Fsp3) is 0.571. The van der Waals surface area contributed by atoms with Crippen LogP contribution in [0, 0.1) is 12.7 Å². The van der Waals surface area contributed by atoms with Gasteiger partial charge in [-0.2, -0.15) is 0 Å². The lowest BCUT2D eigenvalue weighted by Gasteiger charge is -2.32. The zero-order chi connectivity index (χ0) is 12.3. The lowest BCUT2D eigenvalue weighted by molar-refractivity contribution is 0.0606. The number of anilines is 1. The minimum Gasteiger partial charge on any atom is -0.379 e. The molecule has 0 heterocycles. The van der Waals surface area contributed by atoms with Crippen LogP contribution in [0.15, 0.2) is 18.2 Å². The molecule has 0 bridgehead atoms. The van der Waals surface area contributed by atoms with Gasteiger partial charge < -0.3 is 10.1 Å². The molecule has 1 aliphatic rings. The van der Waals surface area contributed by atoms with Crippen molar-refractivity contribution in [2.24, 2.45) is 0 Å². The van der Waals surface area contributed by atoms with Crippen LogP contribution in [0.2, 0.25) is 0 Å². The number of halogens is 1. The average Bonchev–Trinajstić information content (AvgIpc) is 2.35. The monoisotopic (exact) mass is 237 g/mol. The van der Waals surface area contributed by atoms with E-state index in [1.807, 2.05) is 13.0 Å². The Labute approximate surface area is 102 Å². The predicted octanol–water partition coefficient (Wildman–Crippen LogP) is 3.50. The van der Waals surface area contributed by atoms with Crippen molar-refractivity contribution in [2.75, 3.05) is 12.4 Å². The lowest BCUT2D eigenvalue weighted by Crippen LogP contribution is -2.38. The maximum Gasteiger partial charge on any atom is 0.128 e. The SMILES string of the molecule is COC1CCCCC1Nc1cccc(F)c1C. The van der Waals surface area contributed by atoms with E-state index in [-0.39, 0.29) is 11.9 Å². The summed E-state index contributed by atoms with van der Waals surface area (Å²) in [6.07, 6.45) is 4.85. The van der Waals surface area contributed by atoms with Gasteiger partial charge in [0, 0.05) is 18.4 Å². The number of hydrogen-bond donors (Lipinski definition) is 1. The summed E-state index contributed by atoms with van der Waals surface area (Å²) in [4.78, 5) is 0. The highest BCUT2D eigenvalue weighted by Gasteiger charge is 2.25. The Bertz CT molecular complexity index is 380. The Hall–Kier alpha value is -1.09. The molecule has 1 aromatic carbocycles. The molecule has 1 fully saturated rings. The Kier molecular flexibility index (Phi) is 4.00. The van der Waals surface area contributed by atoms with Crippen molar-refractivity contribution in [3.63, 3.8) is 0 Å². The van der Waals surface area contributed by atoms with Gasteiger partial charge in [-0.15, -0.1) is 0 Å². The van der Waals surface area contributed by atoms with Crippen molar-refractivity contribution < 1.29 is 9.13 Å². The Morgan fingerprint density at radius 2 is 2.06 bits per heavy atom. The van der Waals surface area contributed by atoms with Gasteiger partial charge in [0.15, 0.2) is 0 Å². The van der Waals surface area contributed by atoms with Crippen LogP contribution in [0.25, 0.3) is 0 Å². The first-order valence-corrected chi connectivity index (χ1v) is 6.27. The second-order valence-corrected chi connectivity index (χ2v) is 4.72. The minimum absolute atomic E-state index is 0.153. The number of ether oxygens (including phenoxy) is 1. The zero-order valence-corrected chi connectivity index (χ0v) is 10.5. The molecule has 1 aliphatic carbocycles. The average molecular weight is 237 g/mol. The van der Waals surface area contributed by atoms with Gasteiger partial charge >= 0.3 is 0 Å². The molecule has 0 amide bonds. The standard InChI is InChI=1S/C14H20FNO/c1-10-11(15)6-5-8-12(10)16-13-7-3-4-9-14(13)17-2/h5-6,8,13-14,16H,3-4,7,9H2,1-2H3. The summed E-state index contributed by atoms with van der Waals surface area (Å²) in [6.45, 7) is 1.81. The Balaban J connectivity index is 2.11. The number of methoxy groups -OCH3 is 1. The molecule has 2 unspecified atom stereocenters. The lowest BCUT2D eigenvalue weighted by atomic mass is 9.92. The summed E-state index contributed by atoms with van der Waals surface area (Å²) in [5, 5.41) is 3.43. The number of nitrogens with one attached hydrogen (secondary N) is 1. The summed E-state index contributed by atoms with van der Waals surface area (Å²) in [5.74, 6) is -0.153. The van der Waals surface area contributed by atoms with E-state index in [9.17, 15) is 4.39 Å². The maximum absolute atomic E-state index is 13.4. The summed E-state index contributed by atoms with van der Waals surface area (Å²) < 4.78 is 18.9. The molecule has 94 valence electrons. The van der Waals surface area contributed by atoms with Crippen LogP contribution >= 0.6 is 0 Å². The van der Waals surface area contributed by atoms with Gasteiger partial charge in [-0.25, -0.2) is 4.39 Å². The molecule has 0 spiro atoms. The van der Waals surface area contributed by atoms with Crippen molar-refractivity contribution in [3.05, 3.63) is 29.6 Å². The number of hydrogen-bond acceptors (Lipinski definition) is 2. The first-order valence-electron chi connectivity index (χ1n) is 6.27. The smallest absolute Gasteiger partial charge is 0.128 e. The van der Waals surface area contributed by atoms with Crippen LogP contribution < -0.4 is 5.32 Å². The van der Waals surface area contributed by atoms with Crippen LogP contribution in [0.5, 0.6) is 0 Å². The Morgan fingerprint density at radius 3 is 2.82 bits per heavy atom. The van der Waals surface area contributed by atoms with Crippen LogP contribution in [-0.2, 0) is 4.74 Å². The summed E-state index contributed by atoms with van der Waals surface area (Å²) >= 11 is 0. The first-order chi connectivity index (χ1) is 8.22. The van der Waals surface area contributed by atoms with Crippen LogP contribution in [-0.4, -0.2) is 19.3 Å². The van der Waals surface area contributed by atoms with E-state index in [0.29, 0.717) is 11.6 Å². The van der Waals surface area contributed by atoms with Crippen molar-refractivity contribution in [1.82, 2.24) is 0 Å². The van der Waals surface area contributed by atoms with Gasteiger partial charge in [-0.1, -0.05) is 18.9 Å². The van der Waals surface area contributed by atoms with E-state index in [1.165, 1.54) is 18.9 Å². The van der Waals surface area contributed by atoms with Crippen LogP contribution in [0.1, 0.15) is 31.2 Å². The summed E-state index contributed by atoms with van der Waals surface area (Å²) in [6, 6.07) is 5.47. The maximum atomic E-state index is 13.4. The molecule has 1 aromatic rings. The van der Waals surface area contributed by atoms with E-state index in [1.54, 1.807) is 13.2 Å². The van der Waals surface area contributed by atoms with Gasteiger partial charge in [-0.3, -0.25) is 0 Å². The molecule has 1 N–H and O–H groups in total. The fourth-order valence-corrected chi connectivity index (χ4v) is 2.51. The molecule has 17 heavy (non-hydrogen) atoms. The molecule has 0 aliphatic heterocycles. The second kappa shape index (κ2) is 5.50. The first kappa shape index (κ1) is 12.4. The van der Waals surface area contributed by atoms with E-state index < -0.39 is 0 Å². The van der Waals surface area contributed by atoms with Crippen LogP contribution in [0.4, 0.5) is 10.1 Å². The van der Waals surface area contributed by atoms with Crippen molar-refractivity contribution in [1.29, 1.82) is 0 Å². The quantitative estimate of drug-likeness (QED) is 0.868. The van der Waals surface area contributed by atoms with E-state index in [4.69, 9.17) is 4.74 Å². The normalized spacial score (nSPS) is 24.6. The van der Waals surface area contributed by atoms with Crippen molar-refractivity contribution in [2.45, 2.75) is 44.8 Å². The number of rotatable bonds is 3. The molecular formula is C14H20FNO. The molecule has 2 nitrogen and oxygen atoms in total. The second-order valence-electron chi connectivity index (χ2n) is 4.72. The molecular weight excluding hydrogens is 217 g/mol. The van der Waals surface area contributed by atoms with Crippen molar-refractivity contribution >= 4 is 5.69 Å². The molecule has 0 radical (unpaired) electrons. The molecule has 0 aromatic heterocycles. The molecule has 0 saturated heterocycles. The molecule has 1 saturated carbocycles. The zero-order valence-electron chi connectivity index (χ0n) is 10.5. The highest BCUT2D eigenvalue weighted by atomic mass is 19.1. The van der Waals surface area contributed by atoms with E-state index in [2.05, 4.69) is 5.32 Å².